The third-order valence-corrected chi connectivity index (χ3v) is 8.94. The van der Waals surface area contributed by atoms with E-state index in [1.807, 2.05) is 18.2 Å². The number of rotatable bonds is 5. The third-order valence-electron chi connectivity index (χ3n) is 8.52. The fourth-order valence-corrected chi connectivity index (χ4v) is 5.86. The van der Waals surface area contributed by atoms with Gasteiger partial charge in [-0.1, -0.05) is 83.9 Å². The number of alkyl halides is 6. The van der Waals surface area contributed by atoms with Crippen molar-refractivity contribution in [2.45, 2.75) is 18.4 Å². The number of benzene rings is 4. The van der Waals surface area contributed by atoms with Crippen LogP contribution in [-0.4, -0.2) is 36.4 Å². The van der Waals surface area contributed by atoms with Crippen molar-refractivity contribution in [3.8, 4) is 11.5 Å². The van der Waals surface area contributed by atoms with Gasteiger partial charge >= 0.3 is 12.4 Å². The van der Waals surface area contributed by atoms with Crippen LogP contribution in [0, 0.1) is 11.6 Å². The van der Waals surface area contributed by atoms with Crippen LogP contribution in [0.2, 0.25) is 10.0 Å². The number of halogens is 10. The van der Waals surface area contributed by atoms with Crippen molar-refractivity contribution in [1.29, 1.82) is 0 Å². The Balaban J connectivity index is 0.000000189. The van der Waals surface area contributed by atoms with Crippen LogP contribution in [0.5, 0.6) is 11.5 Å². The number of aromatic hydroxyl groups is 2. The van der Waals surface area contributed by atoms with Crippen molar-refractivity contribution < 1.29 is 50.1 Å². The summed E-state index contributed by atoms with van der Waals surface area (Å²) in [6.07, 6.45) is -2.91. The maximum absolute atomic E-state index is 14.4. The summed E-state index contributed by atoms with van der Waals surface area (Å²) in [7, 11) is 0. The van der Waals surface area contributed by atoms with E-state index in [0.29, 0.717) is 17.2 Å². The zero-order chi connectivity index (χ0) is 45.9. The van der Waals surface area contributed by atoms with Gasteiger partial charge in [0.1, 0.15) is 28.8 Å². The molecular weight excluding hydrogens is 883 g/mol. The van der Waals surface area contributed by atoms with Crippen molar-refractivity contribution in [2.75, 3.05) is 11.1 Å². The lowest BCUT2D eigenvalue weighted by Crippen LogP contribution is -2.16. The van der Waals surface area contributed by atoms with Gasteiger partial charge in [-0.2, -0.15) is 26.3 Å². The number of fused-ring (bicyclic) bond motifs is 2. The minimum absolute atomic E-state index is 0.0322. The number of carbonyl (C=O) groups excluding carboxylic acids is 1. The van der Waals surface area contributed by atoms with E-state index in [1.165, 1.54) is 42.9 Å². The number of nitrogens with one attached hydrogen (secondary N) is 1. The number of aldehydes is 1. The van der Waals surface area contributed by atoms with E-state index in [0.717, 1.165) is 41.8 Å². The average Bonchev–Trinajstić information content (AvgIpc) is 3.26. The maximum atomic E-state index is 14.4. The molecule has 19 heteroatoms. The molecule has 1 atom stereocenters. The van der Waals surface area contributed by atoms with Crippen molar-refractivity contribution in [3.63, 3.8) is 0 Å². The Hall–Kier alpha value is -7.11. The quantitative estimate of drug-likeness (QED) is 0.0978. The van der Waals surface area contributed by atoms with Crippen molar-refractivity contribution >= 4 is 62.9 Å². The Labute approximate surface area is 362 Å². The third kappa shape index (κ3) is 12.7. The summed E-state index contributed by atoms with van der Waals surface area (Å²) in [4.78, 5) is 25.6. The number of nitrogens with zero attached hydrogens (tertiary/aromatic N) is 4. The number of phenolic OH excluding ortho intramolecular Hbond substituents is 2. The second-order valence-electron chi connectivity index (χ2n) is 12.9. The number of anilines is 2. The van der Waals surface area contributed by atoms with Gasteiger partial charge in [-0.25, -0.2) is 18.7 Å². The molecule has 0 radical (unpaired) electrons. The van der Waals surface area contributed by atoms with E-state index in [9.17, 15) is 50.1 Å². The number of aromatic nitrogens is 4. The van der Waals surface area contributed by atoms with Crippen molar-refractivity contribution in [3.05, 3.63) is 190 Å². The SMILES string of the molecule is Nc1ncc(Cl)cc1F.O=Cc1cccc(C(F)(F)F)c1.Oc1c(C(Nc2ncc(Cl)cc2F)c2cccc(C(F)(F)F)c2)ccc2cccnc12.Oc1cccc2cccnc12. The molecule has 8 rings (SSSR count). The first kappa shape index (κ1) is 46.9. The van der Waals surface area contributed by atoms with E-state index in [1.54, 1.807) is 42.6 Å². The number of hydrogen-bond acceptors (Lipinski definition) is 9. The van der Waals surface area contributed by atoms with Crippen molar-refractivity contribution in [1.82, 2.24) is 19.9 Å². The number of phenols is 2. The van der Waals surface area contributed by atoms with Crippen LogP contribution >= 0.6 is 23.2 Å². The molecule has 4 aromatic heterocycles. The standard InChI is InChI=1S/C22H14ClF4N3O.C9H7NO.C8H5F3O.C5H4ClFN2/c23-15-10-17(24)21(29-11-15)30-18(13-3-1-5-14(9-13)22(25,26)27)16-7-6-12-4-2-8-28-19(12)20(16)31;11-8-5-1-3-7-4-2-6-10-9(7)8;9-8(10,11)7-3-1-2-6(4-7)5-12;6-3-1-4(7)5(8)9-2-3/h1-11,18,31H,(H,29,30);1-6,11H;1-5H;1-2H,(H2,8,9). The highest BCUT2D eigenvalue weighted by Gasteiger charge is 2.32. The first-order valence-corrected chi connectivity index (χ1v) is 18.6. The number of nitrogens with two attached hydrogens (primary N) is 1. The van der Waals surface area contributed by atoms with Crippen molar-refractivity contribution in [2.24, 2.45) is 0 Å². The molecule has 5 N–H and O–H groups in total. The number of pyridine rings is 4. The van der Waals surface area contributed by atoms with Crippen LogP contribution in [0.1, 0.15) is 38.7 Å². The highest BCUT2D eigenvalue weighted by atomic mass is 35.5. The molecule has 1 unspecified atom stereocenters. The Morgan fingerprint density at radius 3 is 1.78 bits per heavy atom. The van der Waals surface area contributed by atoms with Gasteiger partial charge in [0.25, 0.3) is 0 Å². The minimum Gasteiger partial charge on any atom is -0.506 e. The highest BCUT2D eigenvalue weighted by molar-refractivity contribution is 6.30. The molecule has 0 amide bonds. The summed E-state index contributed by atoms with van der Waals surface area (Å²) < 4.78 is 103. The lowest BCUT2D eigenvalue weighted by atomic mass is 9.95. The number of nitrogen functional groups attached to an aromatic ring is 1. The monoisotopic (exact) mass is 912 g/mol. The largest absolute Gasteiger partial charge is 0.506 e. The van der Waals surface area contributed by atoms with Crippen LogP contribution in [0.3, 0.4) is 0 Å². The number of para-hydroxylation sites is 1. The lowest BCUT2D eigenvalue weighted by molar-refractivity contribution is -0.138. The average molecular weight is 914 g/mol. The van der Waals surface area contributed by atoms with E-state index in [4.69, 9.17) is 28.9 Å². The highest BCUT2D eigenvalue weighted by Crippen LogP contribution is 2.39. The van der Waals surface area contributed by atoms with Gasteiger partial charge in [0.2, 0.25) is 0 Å². The molecule has 9 nitrogen and oxygen atoms in total. The number of hydrogen-bond donors (Lipinski definition) is 4. The van der Waals surface area contributed by atoms with Crippen LogP contribution < -0.4 is 11.1 Å². The van der Waals surface area contributed by atoms with E-state index >= 15 is 0 Å². The normalized spacial score (nSPS) is 11.5. The molecule has 63 heavy (non-hydrogen) atoms. The summed E-state index contributed by atoms with van der Waals surface area (Å²) in [6.45, 7) is 0. The van der Waals surface area contributed by atoms with Gasteiger partial charge in [-0.05, 0) is 60.2 Å². The Kier molecular flexibility index (Phi) is 15.4. The maximum Gasteiger partial charge on any atom is 0.416 e. The lowest BCUT2D eigenvalue weighted by Gasteiger charge is -2.23. The predicted octanol–water partition coefficient (Wildman–Crippen LogP) is 12.3. The fraction of sp³-hybridized carbons (Fsp3) is 0.0682. The minimum atomic E-state index is -4.57. The van der Waals surface area contributed by atoms with Crippen LogP contribution in [0.15, 0.2) is 140 Å². The van der Waals surface area contributed by atoms with Gasteiger partial charge in [0.05, 0.1) is 27.2 Å². The van der Waals surface area contributed by atoms with E-state index < -0.39 is 41.2 Å². The second-order valence-corrected chi connectivity index (χ2v) is 13.7. The Morgan fingerprint density at radius 2 is 1.19 bits per heavy atom. The molecule has 0 fully saturated rings. The molecule has 0 spiro atoms. The fourth-order valence-electron chi connectivity index (χ4n) is 5.57. The van der Waals surface area contributed by atoms with E-state index in [2.05, 4.69) is 25.3 Å². The predicted molar refractivity (Wildman–Crippen MR) is 223 cm³/mol. The molecule has 0 aliphatic rings. The van der Waals surface area contributed by atoms with Crippen LogP contribution in [0.25, 0.3) is 21.8 Å². The molecule has 4 aromatic carbocycles. The Morgan fingerprint density at radius 1 is 0.635 bits per heavy atom. The molecule has 324 valence electrons. The van der Waals surface area contributed by atoms with Gasteiger partial charge in [0, 0.05) is 46.7 Å². The number of carbonyl (C=O) groups is 1. The van der Waals surface area contributed by atoms with Gasteiger partial charge < -0.3 is 21.3 Å². The summed E-state index contributed by atoms with van der Waals surface area (Å²) >= 11 is 11.1. The Bertz CT molecular complexity index is 2850. The molecule has 0 saturated carbocycles. The second kappa shape index (κ2) is 20.6. The molecule has 0 saturated heterocycles. The topological polar surface area (TPSA) is 147 Å². The van der Waals surface area contributed by atoms with Crippen LogP contribution in [-0.2, 0) is 12.4 Å². The summed E-state index contributed by atoms with van der Waals surface area (Å²) in [5, 5.41) is 24.9. The molecule has 0 aliphatic carbocycles. The van der Waals surface area contributed by atoms with Gasteiger partial charge in [-0.15, -0.1) is 0 Å². The summed E-state index contributed by atoms with van der Waals surface area (Å²) in [5.41, 5.74) is 4.69. The first-order chi connectivity index (χ1) is 29.8. The summed E-state index contributed by atoms with van der Waals surface area (Å²) in [5.74, 6) is -1.72. The van der Waals surface area contributed by atoms with Gasteiger partial charge in [0.15, 0.2) is 23.3 Å². The molecular formula is C44H30Cl2F8N6O3. The molecule has 0 bridgehead atoms. The molecule has 0 aliphatic heterocycles. The van der Waals surface area contributed by atoms with E-state index in [-0.39, 0.29) is 55.4 Å². The van der Waals surface area contributed by atoms with Gasteiger partial charge in [-0.3, -0.25) is 14.8 Å². The first-order valence-electron chi connectivity index (χ1n) is 17.9. The molecule has 4 heterocycles. The molecule has 8 aromatic rings. The smallest absolute Gasteiger partial charge is 0.416 e. The summed E-state index contributed by atoms with van der Waals surface area (Å²) in [6, 6.07) is 25.7. The zero-order valence-corrected chi connectivity index (χ0v) is 33.4. The van der Waals surface area contributed by atoms with Crippen LogP contribution in [0.4, 0.5) is 46.8 Å². The zero-order valence-electron chi connectivity index (χ0n) is 31.9.